The van der Waals surface area contributed by atoms with E-state index in [0.29, 0.717) is 12.8 Å². The van der Waals surface area contributed by atoms with Gasteiger partial charge in [0.1, 0.15) is 5.75 Å². The first-order chi connectivity index (χ1) is 11.2. The van der Waals surface area contributed by atoms with E-state index >= 15 is 0 Å². The van der Waals surface area contributed by atoms with Crippen molar-refractivity contribution in [3.63, 3.8) is 0 Å². The zero-order valence-corrected chi connectivity index (χ0v) is 13.9. The molecule has 1 aromatic heterocycles. The van der Waals surface area contributed by atoms with Gasteiger partial charge in [0.15, 0.2) is 0 Å². The number of thiazole rings is 1. The first-order valence-electron chi connectivity index (χ1n) is 7.44. The molecule has 23 heavy (non-hydrogen) atoms. The number of fused-ring (bicyclic) bond motifs is 1. The molecule has 0 aliphatic carbocycles. The molecule has 0 saturated carbocycles. The molecule has 0 aliphatic heterocycles. The Kier molecular flexibility index (Phi) is 4.57. The van der Waals surface area contributed by atoms with Crippen molar-refractivity contribution >= 4 is 33.1 Å². The summed E-state index contributed by atoms with van der Waals surface area (Å²) in [6, 6.07) is 13.6. The standard InChI is InChI=1S/C18H18N2O2S/c1-12-19-15-9-8-14(11-17(15)23-12)20-18(21)10-7-13-5-3-4-6-16(13)22-2/h3-6,8-9,11H,7,10H2,1-2H3,(H,20,21). The van der Waals surface area contributed by atoms with Crippen molar-refractivity contribution < 1.29 is 9.53 Å². The van der Waals surface area contributed by atoms with Crippen LogP contribution in [-0.2, 0) is 11.2 Å². The first kappa shape index (κ1) is 15.5. The van der Waals surface area contributed by atoms with Crippen LogP contribution in [0.2, 0.25) is 0 Å². The molecule has 0 aliphatic rings. The molecule has 0 bridgehead atoms. The highest BCUT2D eigenvalue weighted by Crippen LogP contribution is 2.25. The van der Waals surface area contributed by atoms with Crippen molar-refractivity contribution in [2.24, 2.45) is 0 Å². The summed E-state index contributed by atoms with van der Waals surface area (Å²) in [7, 11) is 1.64. The number of methoxy groups -OCH3 is 1. The highest BCUT2D eigenvalue weighted by Gasteiger charge is 2.08. The lowest BCUT2D eigenvalue weighted by molar-refractivity contribution is -0.116. The number of aryl methyl sites for hydroxylation is 2. The number of ether oxygens (including phenoxy) is 1. The number of hydrogen-bond donors (Lipinski definition) is 1. The molecule has 0 spiro atoms. The van der Waals surface area contributed by atoms with Crippen LogP contribution in [0.5, 0.6) is 5.75 Å². The van der Waals surface area contributed by atoms with Crippen LogP contribution in [0.4, 0.5) is 5.69 Å². The Labute approximate surface area is 139 Å². The molecule has 4 nitrogen and oxygen atoms in total. The van der Waals surface area contributed by atoms with Gasteiger partial charge in [-0.3, -0.25) is 4.79 Å². The molecule has 0 fully saturated rings. The molecule has 0 radical (unpaired) electrons. The lowest BCUT2D eigenvalue weighted by Gasteiger charge is -2.08. The van der Waals surface area contributed by atoms with Crippen molar-refractivity contribution in [3.05, 3.63) is 53.0 Å². The molecule has 0 unspecified atom stereocenters. The zero-order valence-electron chi connectivity index (χ0n) is 13.1. The SMILES string of the molecule is COc1ccccc1CCC(=O)Nc1ccc2nc(C)sc2c1. The van der Waals surface area contributed by atoms with E-state index in [0.717, 1.165) is 32.2 Å². The van der Waals surface area contributed by atoms with Gasteiger partial charge in [-0.05, 0) is 43.2 Å². The summed E-state index contributed by atoms with van der Waals surface area (Å²) in [6.45, 7) is 1.98. The Balaban J connectivity index is 1.64. The number of nitrogens with one attached hydrogen (secondary N) is 1. The maximum Gasteiger partial charge on any atom is 0.224 e. The van der Waals surface area contributed by atoms with E-state index in [4.69, 9.17) is 4.74 Å². The minimum Gasteiger partial charge on any atom is -0.496 e. The molecule has 1 N–H and O–H groups in total. The lowest BCUT2D eigenvalue weighted by Crippen LogP contribution is -2.12. The fraction of sp³-hybridized carbons (Fsp3) is 0.222. The van der Waals surface area contributed by atoms with Crippen molar-refractivity contribution in [3.8, 4) is 5.75 Å². The van der Waals surface area contributed by atoms with Crippen LogP contribution in [0.1, 0.15) is 17.0 Å². The van der Waals surface area contributed by atoms with Crippen LogP contribution in [0, 0.1) is 6.92 Å². The smallest absolute Gasteiger partial charge is 0.224 e. The van der Waals surface area contributed by atoms with E-state index in [9.17, 15) is 4.79 Å². The third-order valence-electron chi connectivity index (χ3n) is 3.59. The minimum absolute atomic E-state index is 0.00325. The normalized spacial score (nSPS) is 10.7. The van der Waals surface area contributed by atoms with Crippen LogP contribution in [0.15, 0.2) is 42.5 Å². The van der Waals surface area contributed by atoms with E-state index < -0.39 is 0 Å². The summed E-state index contributed by atoms with van der Waals surface area (Å²) < 4.78 is 6.40. The quantitative estimate of drug-likeness (QED) is 0.765. The van der Waals surface area contributed by atoms with Gasteiger partial charge in [-0.25, -0.2) is 4.98 Å². The second-order valence-corrected chi connectivity index (χ2v) is 6.51. The Morgan fingerprint density at radius 3 is 2.91 bits per heavy atom. The van der Waals surface area contributed by atoms with Crippen LogP contribution in [0.25, 0.3) is 10.2 Å². The number of benzene rings is 2. The number of nitrogens with zero attached hydrogens (tertiary/aromatic N) is 1. The number of carbonyl (C=O) groups excluding carboxylic acids is 1. The number of anilines is 1. The van der Waals surface area contributed by atoms with Gasteiger partial charge in [0.25, 0.3) is 0 Å². The largest absolute Gasteiger partial charge is 0.496 e. The van der Waals surface area contributed by atoms with Gasteiger partial charge >= 0.3 is 0 Å². The molecule has 1 heterocycles. The van der Waals surface area contributed by atoms with E-state index in [1.165, 1.54) is 0 Å². The molecule has 0 saturated heterocycles. The highest BCUT2D eigenvalue weighted by molar-refractivity contribution is 7.18. The maximum atomic E-state index is 12.2. The average Bonchev–Trinajstić information content (AvgIpc) is 2.92. The third kappa shape index (κ3) is 3.68. The van der Waals surface area contributed by atoms with Crippen LogP contribution < -0.4 is 10.1 Å². The zero-order chi connectivity index (χ0) is 16.2. The van der Waals surface area contributed by atoms with Crippen molar-refractivity contribution in [2.45, 2.75) is 19.8 Å². The van der Waals surface area contributed by atoms with Crippen LogP contribution >= 0.6 is 11.3 Å². The van der Waals surface area contributed by atoms with Crippen molar-refractivity contribution in [1.82, 2.24) is 4.98 Å². The highest BCUT2D eigenvalue weighted by atomic mass is 32.1. The summed E-state index contributed by atoms with van der Waals surface area (Å²) >= 11 is 1.63. The average molecular weight is 326 g/mol. The Bertz CT molecular complexity index is 842. The van der Waals surface area contributed by atoms with Crippen LogP contribution in [0.3, 0.4) is 0 Å². The van der Waals surface area contributed by atoms with Gasteiger partial charge in [0.2, 0.25) is 5.91 Å². The second kappa shape index (κ2) is 6.79. The number of hydrogen-bond acceptors (Lipinski definition) is 4. The second-order valence-electron chi connectivity index (χ2n) is 5.28. The maximum absolute atomic E-state index is 12.2. The summed E-state index contributed by atoms with van der Waals surface area (Å²) in [5, 5.41) is 3.98. The first-order valence-corrected chi connectivity index (χ1v) is 8.26. The summed E-state index contributed by atoms with van der Waals surface area (Å²) in [5.74, 6) is 0.818. The number of carbonyl (C=O) groups is 1. The van der Waals surface area contributed by atoms with Crippen molar-refractivity contribution in [2.75, 3.05) is 12.4 Å². The van der Waals surface area contributed by atoms with Gasteiger partial charge in [0.05, 0.1) is 22.3 Å². The molecule has 0 atom stereocenters. The van der Waals surface area contributed by atoms with Gasteiger partial charge in [-0.1, -0.05) is 18.2 Å². The minimum atomic E-state index is -0.00325. The van der Waals surface area contributed by atoms with Gasteiger partial charge in [-0.15, -0.1) is 11.3 Å². The number of rotatable bonds is 5. The number of aromatic nitrogens is 1. The topological polar surface area (TPSA) is 51.2 Å². The molecule has 2 aromatic carbocycles. The molecule has 3 aromatic rings. The predicted molar refractivity (Wildman–Crippen MR) is 94.3 cm³/mol. The van der Waals surface area contributed by atoms with Gasteiger partial charge in [0, 0.05) is 12.1 Å². The molecule has 3 rings (SSSR count). The molecular formula is C18H18N2O2S. The molecule has 118 valence electrons. The molecular weight excluding hydrogens is 308 g/mol. The van der Waals surface area contributed by atoms with E-state index in [1.807, 2.05) is 49.4 Å². The Hall–Kier alpha value is -2.40. The third-order valence-corrected chi connectivity index (χ3v) is 4.53. The van der Waals surface area contributed by atoms with Gasteiger partial charge in [-0.2, -0.15) is 0 Å². The Morgan fingerprint density at radius 2 is 2.09 bits per heavy atom. The van der Waals surface area contributed by atoms with E-state index in [2.05, 4.69) is 10.3 Å². The van der Waals surface area contributed by atoms with E-state index in [1.54, 1.807) is 18.4 Å². The summed E-state index contributed by atoms with van der Waals surface area (Å²) in [6.07, 6.45) is 1.07. The predicted octanol–water partition coefficient (Wildman–Crippen LogP) is 4.18. The lowest BCUT2D eigenvalue weighted by atomic mass is 10.1. The Morgan fingerprint density at radius 1 is 1.26 bits per heavy atom. The molecule has 5 heteroatoms. The van der Waals surface area contributed by atoms with E-state index in [-0.39, 0.29) is 5.91 Å². The number of para-hydroxylation sites is 1. The monoisotopic (exact) mass is 326 g/mol. The van der Waals surface area contributed by atoms with Gasteiger partial charge < -0.3 is 10.1 Å². The summed E-state index contributed by atoms with van der Waals surface area (Å²) in [5.41, 5.74) is 2.82. The van der Waals surface area contributed by atoms with Crippen molar-refractivity contribution in [1.29, 1.82) is 0 Å². The number of amides is 1. The van der Waals surface area contributed by atoms with Crippen LogP contribution in [-0.4, -0.2) is 18.0 Å². The fourth-order valence-corrected chi connectivity index (χ4v) is 3.37. The molecule has 1 amide bonds. The summed E-state index contributed by atoms with van der Waals surface area (Å²) in [4.78, 5) is 16.6. The fourth-order valence-electron chi connectivity index (χ4n) is 2.50.